The molecule has 2 bridgehead atoms. The molecule has 0 aromatic heterocycles. The number of anilines is 1. The lowest BCUT2D eigenvalue weighted by molar-refractivity contribution is -0.132. The van der Waals surface area contributed by atoms with Crippen LogP contribution in [0.15, 0.2) is 18.2 Å². The maximum absolute atomic E-state index is 3.83. The largest absolute Gasteiger partial charge is 0.345 e. The monoisotopic (exact) mass is 366 g/mol. The smallest absolute Gasteiger partial charge is 0.177 e. The Morgan fingerprint density at radius 1 is 1.00 bits per heavy atom. The minimum absolute atomic E-state index is 0.539. The van der Waals surface area contributed by atoms with Crippen molar-refractivity contribution in [1.29, 1.82) is 0 Å². The molecule has 4 fully saturated rings. The predicted molar refractivity (Wildman–Crippen MR) is 115 cm³/mol. The third-order valence-corrected chi connectivity index (χ3v) is 8.14. The van der Waals surface area contributed by atoms with E-state index in [1.165, 1.54) is 29.7 Å². The summed E-state index contributed by atoms with van der Waals surface area (Å²) in [5.41, 5.74) is 4.93. The van der Waals surface area contributed by atoms with E-state index < -0.39 is 0 Å². The van der Waals surface area contributed by atoms with Gasteiger partial charge >= 0.3 is 0 Å². The molecule has 5 rings (SSSR count). The lowest BCUT2D eigenvalue weighted by Crippen LogP contribution is -2.60. The fourth-order valence-corrected chi connectivity index (χ4v) is 6.22. The Bertz CT molecular complexity index is 663. The highest BCUT2D eigenvalue weighted by atomic mass is 15.4. The molecular formula is C25H38N2. The number of nitrogens with zero attached hydrogens (tertiary/aromatic N) is 2. The molecule has 0 spiro atoms. The zero-order chi connectivity index (χ0) is 19.5. The third-order valence-electron chi connectivity index (χ3n) is 8.14. The van der Waals surface area contributed by atoms with Gasteiger partial charge in [0.1, 0.15) is 0 Å². The number of hydrogen-bond donors (Lipinski definition) is 0. The van der Waals surface area contributed by atoms with E-state index in [2.05, 4.69) is 83.1 Å². The molecule has 1 aliphatic heterocycles. The van der Waals surface area contributed by atoms with Gasteiger partial charge < -0.3 is 4.90 Å². The average Bonchev–Trinajstić information content (AvgIpc) is 3.10. The zero-order valence-corrected chi connectivity index (χ0v) is 18.4. The molecule has 2 radical (unpaired) electrons. The predicted octanol–water partition coefficient (Wildman–Crippen LogP) is 6.12. The van der Waals surface area contributed by atoms with Gasteiger partial charge in [0.25, 0.3) is 0 Å². The second-order valence-corrected chi connectivity index (χ2v) is 10.6. The zero-order valence-electron chi connectivity index (χ0n) is 18.4. The van der Waals surface area contributed by atoms with Crippen LogP contribution in [0.3, 0.4) is 0 Å². The molecule has 1 saturated heterocycles. The summed E-state index contributed by atoms with van der Waals surface area (Å²) in [6, 6.07) is 7.55. The first-order valence-corrected chi connectivity index (χ1v) is 11.1. The molecule has 0 N–H and O–H groups in total. The minimum Gasteiger partial charge on any atom is -0.345 e. The van der Waals surface area contributed by atoms with Crippen LogP contribution in [0, 0.1) is 29.8 Å². The van der Waals surface area contributed by atoms with Gasteiger partial charge in [0.15, 0.2) is 6.67 Å². The molecule has 1 aromatic carbocycles. The van der Waals surface area contributed by atoms with E-state index in [0.29, 0.717) is 23.3 Å². The number of rotatable bonds is 4. The summed E-state index contributed by atoms with van der Waals surface area (Å²) in [7, 11) is 0. The SMILES string of the molecule is CC(C)c1cccc(C(C)C)c1N1[C]N(C2C[C@H]3C[C@@H]([C@@H]2C)C3(C)C)CC1. The maximum Gasteiger partial charge on any atom is 0.177 e. The first kappa shape index (κ1) is 19.3. The van der Waals surface area contributed by atoms with Crippen molar-refractivity contribution >= 4 is 5.69 Å². The van der Waals surface area contributed by atoms with Gasteiger partial charge in [-0.25, -0.2) is 0 Å². The first-order chi connectivity index (χ1) is 12.7. The molecule has 3 saturated carbocycles. The van der Waals surface area contributed by atoms with E-state index in [1.807, 2.05) is 0 Å². The Hall–Kier alpha value is -1.02. The van der Waals surface area contributed by atoms with E-state index in [4.69, 9.17) is 0 Å². The van der Waals surface area contributed by atoms with Crippen molar-refractivity contribution in [2.45, 2.75) is 79.2 Å². The Morgan fingerprint density at radius 2 is 1.63 bits per heavy atom. The van der Waals surface area contributed by atoms with Crippen molar-refractivity contribution in [3.05, 3.63) is 36.0 Å². The molecule has 0 amide bonds. The molecular weight excluding hydrogens is 328 g/mol. The molecule has 2 nitrogen and oxygen atoms in total. The highest BCUT2D eigenvalue weighted by molar-refractivity contribution is 5.63. The Labute approximate surface area is 167 Å². The van der Waals surface area contributed by atoms with Gasteiger partial charge in [-0.2, -0.15) is 0 Å². The van der Waals surface area contributed by atoms with E-state index in [9.17, 15) is 0 Å². The Balaban J connectivity index is 1.56. The van der Waals surface area contributed by atoms with Crippen LogP contribution in [0.5, 0.6) is 0 Å². The molecule has 1 heterocycles. The summed E-state index contributed by atoms with van der Waals surface area (Å²) in [5, 5.41) is 0. The van der Waals surface area contributed by atoms with Crippen LogP contribution < -0.4 is 4.90 Å². The second kappa shape index (κ2) is 6.79. The van der Waals surface area contributed by atoms with Gasteiger partial charge in [0.2, 0.25) is 0 Å². The third kappa shape index (κ3) is 3.03. The summed E-state index contributed by atoms with van der Waals surface area (Å²) < 4.78 is 0. The molecule has 4 atom stereocenters. The highest BCUT2D eigenvalue weighted by Crippen LogP contribution is 2.62. The minimum atomic E-state index is 0.539. The molecule has 1 unspecified atom stereocenters. The van der Waals surface area contributed by atoms with Gasteiger partial charge in [-0.15, -0.1) is 0 Å². The fraction of sp³-hybridized carbons (Fsp3) is 0.720. The average molecular weight is 367 g/mol. The maximum atomic E-state index is 3.83. The fourth-order valence-electron chi connectivity index (χ4n) is 6.22. The van der Waals surface area contributed by atoms with Crippen molar-refractivity contribution < 1.29 is 0 Å². The molecule has 4 aliphatic rings. The highest BCUT2D eigenvalue weighted by Gasteiger charge is 2.57. The van der Waals surface area contributed by atoms with E-state index >= 15 is 0 Å². The van der Waals surface area contributed by atoms with Gasteiger partial charge in [-0.05, 0) is 59.0 Å². The number of benzene rings is 1. The summed E-state index contributed by atoms with van der Waals surface area (Å²) in [5.74, 6) is 3.66. The standard InChI is InChI=1S/C25H38N2/c1-16(2)20-9-8-10-21(17(3)4)24(20)27-12-11-26(15-27)23-14-19-13-22(18(23)5)25(19,6)7/h8-10,16-19,22-23H,11-14H2,1-7H3/t18-,19+,22-,23?/m0/s1. The van der Waals surface area contributed by atoms with E-state index in [0.717, 1.165) is 30.8 Å². The van der Waals surface area contributed by atoms with E-state index in [1.54, 1.807) is 0 Å². The van der Waals surface area contributed by atoms with Crippen LogP contribution >= 0.6 is 0 Å². The van der Waals surface area contributed by atoms with Gasteiger partial charge in [0.05, 0.1) is 0 Å². The summed E-state index contributed by atoms with van der Waals surface area (Å²) in [6.07, 6.45) is 2.81. The summed E-state index contributed by atoms with van der Waals surface area (Å²) in [4.78, 5) is 5.02. The van der Waals surface area contributed by atoms with Gasteiger partial charge in [0, 0.05) is 24.8 Å². The lowest BCUT2D eigenvalue weighted by atomic mass is 9.44. The van der Waals surface area contributed by atoms with Crippen LogP contribution in [0.4, 0.5) is 5.69 Å². The van der Waals surface area contributed by atoms with Crippen LogP contribution in [-0.4, -0.2) is 24.0 Å². The summed E-state index contributed by atoms with van der Waals surface area (Å²) >= 11 is 0. The van der Waals surface area contributed by atoms with Crippen molar-refractivity contribution in [2.24, 2.45) is 23.2 Å². The van der Waals surface area contributed by atoms with E-state index in [-0.39, 0.29) is 0 Å². The van der Waals surface area contributed by atoms with Crippen LogP contribution in [0.2, 0.25) is 0 Å². The van der Waals surface area contributed by atoms with Crippen LogP contribution in [-0.2, 0) is 0 Å². The molecule has 3 aliphatic carbocycles. The van der Waals surface area contributed by atoms with Crippen molar-refractivity contribution in [3.63, 3.8) is 0 Å². The molecule has 2 heteroatoms. The van der Waals surface area contributed by atoms with Crippen LogP contribution in [0.25, 0.3) is 0 Å². The second-order valence-electron chi connectivity index (χ2n) is 10.6. The van der Waals surface area contributed by atoms with Gasteiger partial charge in [-0.3, -0.25) is 4.90 Å². The number of hydrogen-bond acceptors (Lipinski definition) is 2. The van der Waals surface area contributed by atoms with Crippen molar-refractivity contribution in [3.8, 4) is 0 Å². The Kier molecular flexibility index (Phi) is 4.86. The lowest BCUT2D eigenvalue weighted by Gasteiger charge is -2.63. The number of fused-ring (bicyclic) bond motifs is 2. The van der Waals surface area contributed by atoms with Gasteiger partial charge in [-0.1, -0.05) is 66.7 Å². The molecule has 1 aromatic rings. The quantitative estimate of drug-likeness (QED) is 0.633. The van der Waals surface area contributed by atoms with Crippen molar-refractivity contribution in [1.82, 2.24) is 4.90 Å². The summed E-state index contributed by atoms with van der Waals surface area (Å²) in [6.45, 7) is 22.8. The normalized spacial score (nSPS) is 33.0. The molecule has 27 heavy (non-hydrogen) atoms. The van der Waals surface area contributed by atoms with Crippen molar-refractivity contribution in [2.75, 3.05) is 18.0 Å². The topological polar surface area (TPSA) is 6.48 Å². The molecule has 148 valence electrons. The number of para-hydroxylation sites is 1. The Morgan fingerprint density at radius 3 is 2.15 bits per heavy atom. The first-order valence-electron chi connectivity index (χ1n) is 11.1. The van der Waals surface area contributed by atoms with Crippen LogP contribution in [0.1, 0.15) is 84.3 Å².